The number of allylic oxidation sites excluding steroid dienone is 1. The van der Waals surface area contributed by atoms with Gasteiger partial charge in [0.1, 0.15) is 35.5 Å². The molecule has 0 spiro atoms. The summed E-state index contributed by atoms with van der Waals surface area (Å²) in [6, 6.07) is 9.17. The van der Waals surface area contributed by atoms with E-state index < -0.39 is 68.7 Å². The summed E-state index contributed by atoms with van der Waals surface area (Å²) >= 11 is 1.48. The first-order valence-corrected chi connectivity index (χ1v) is 20.8. The number of nitrogens with one attached hydrogen (secondary N) is 3. The van der Waals surface area contributed by atoms with E-state index in [4.69, 9.17) is 19.4 Å². The zero-order valence-corrected chi connectivity index (χ0v) is 30.7. The zero-order chi connectivity index (χ0) is 36.7. The maximum Gasteiger partial charge on any atom is 0.408 e. The second-order valence-electron chi connectivity index (χ2n) is 14.6. The summed E-state index contributed by atoms with van der Waals surface area (Å²) in [7, 11) is -3.89. The molecule has 0 bridgehead atoms. The number of aromatic nitrogens is 2. The Morgan fingerprint density at radius 3 is 2.49 bits per heavy atom. The lowest BCUT2D eigenvalue weighted by Gasteiger charge is -2.29. The molecule has 1 aromatic carbocycles. The number of hydrogen-bond acceptors (Lipinski definition) is 11. The van der Waals surface area contributed by atoms with Gasteiger partial charge in [-0.3, -0.25) is 19.1 Å². The number of ether oxygens (including phenoxy) is 2. The van der Waals surface area contributed by atoms with Crippen LogP contribution in [0.15, 0.2) is 53.9 Å². The maximum atomic E-state index is 14.5. The van der Waals surface area contributed by atoms with Gasteiger partial charge in [0.05, 0.1) is 27.7 Å². The van der Waals surface area contributed by atoms with E-state index in [1.54, 1.807) is 0 Å². The van der Waals surface area contributed by atoms with Crippen molar-refractivity contribution in [1.82, 2.24) is 30.2 Å². The van der Waals surface area contributed by atoms with Crippen molar-refractivity contribution in [3.05, 3.63) is 53.9 Å². The fourth-order valence-electron chi connectivity index (χ4n) is 7.16. The molecule has 1 unspecified atom stereocenters. The third kappa shape index (κ3) is 7.74. The van der Waals surface area contributed by atoms with Crippen molar-refractivity contribution >= 4 is 56.2 Å². The smallest absolute Gasteiger partial charge is 0.408 e. The fraction of sp³-hybridized carbons (Fsp3) is 0.514. The molecule has 14 nitrogen and oxygen atoms in total. The SMILES string of the molecule is O=C(N[C@@H]1CCCCC/C=C\C2C[C@@]2(C(=O)NS(=O)(=O)C2CC2)NC(=O)[C@@H]2C[C@@H](Oc3nc4ccccc4nc3-c3cccs3)CN2C1=O)OC1CC1. The third-order valence-corrected chi connectivity index (χ3v) is 13.2. The molecule has 2 aromatic heterocycles. The van der Waals surface area contributed by atoms with Gasteiger partial charge < -0.3 is 25.0 Å². The van der Waals surface area contributed by atoms with Crippen LogP contribution in [0.3, 0.4) is 0 Å². The van der Waals surface area contributed by atoms with Crippen LogP contribution >= 0.6 is 11.3 Å². The molecule has 2 aliphatic heterocycles. The normalized spacial score (nSPS) is 28.4. The third-order valence-electron chi connectivity index (χ3n) is 10.5. The van der Waals surface area contributed by atoms with Gasteiger partial charge in [-0.25, -0.2) is 23.2 Å². The van der Waals surface area contributed by atoms with Gasteiger partial charge in [-0.1, -0.05) is 43.2 Å². The summed E-state index contributed by atoms with van der Waals surface area (Å²) in [6.07, 6.45) is 8.31. The minimum atomic E-state index is -3.89. The first-order valence-electron chi connectivity index (χ1n) is 18.4. The summed E-state index contributed by atoms with van der Waals surface area (Å²) in [5.74, 6) is -2.03. The molecule has 4 fully saturated rings. The van der Waals surface area contributed by atoms with E-state index in [9.17, 15) is 27.6 Å². The van der Waals surface area contributed by atoms with E-state index in [0.717, 1.165) is 30.6 Å². The van der Waals surface area contributed by atoms with Crippen LogP contribution in [0.4, 0.5) is 4.79 Å². The first kappa shape index (κ1) is 35.5. The van der Waals surface area contributed by atoms with E-state index in [-0.39, 0.29) is 31.4 Å². The van der Waals surface area contributed by atoms with Crippen LogP contribution in [0.2, 0.25) is 0 Å². The van der Waals surface area contributed by atoms with Gasteiger partial charge in [-0.2, -0.15) is 0 Å². The molecular formula is C37H42N6O8S2. The Bertz CT molecular complexity index is 2050. The summed E-state index contributed by atoms with van der Waals surface area (Å²) in [4.78, 5) is 67.3. The average molecular weight is 763 g/mol. The van der Waals surface area contributed by atoms with Gasteiger partial charge in [0, 0.05) is 12.3 Å². The number of sulfonamides is 1. The Hall–Kier alpha value is -4.57. The van der Waals surface area contributed by atoms with E-state index in [0.29, 0.717) is 48.8 Å². The molecule has 5 atom stereocenters. The predicted molar refractivity (Wildman–Crippen MR) is 195 cm³/mol. The minimum Gasteiger partial charge on any atom is -0.471 e. The molecule has 280 valence electrons. The van der Waals surface area contributed by atoms with Gasteiger partial charge in [-0.15, -0.1) is 11.3 Å². The van der Waals surface area contributed by atoms with Gasteiger partial charge in [0.2, 0.25) is 27.7 Å². The number of nitrogens with zero attached hydrogens (tertiary/aromatic N) is 3. The van der Waals surface area contributed by atoms with Crippen molar-refractivity contribution in [3.63, 3.8) is 0 Å². The molecular weight excluding hydrogens is 721 g/mol. The number of para-hydroxylation sites is 2. The van der Waals surface area contributed by atoms with Crippen LogP contribution in [0.5, 0.6) is 5.88 Å². The average Bonchev–Trinajstić information content (AvgIpc) is 4.10. The topological polar surface area (TPSA) is 186 Å². The standard InChI is InChI=1S/C37H42N6O8S2/c44-32-29-19-24(50-33-31(30-13-8-18-52-30)38-26-10-6-7-11-27(26)39-33)21-43(29)34(45)28(40-36(47)51-23-14-15-23)12-5-3-1-2-4-9-22-20-37(22,41-32)35(46)42-53(48,49)25-16-17-25/h4,6-11,13,18,22-25,28-29H,1-3,5,12,14-17,19-21H2,(H,40,47)(H,41,44)(H,42,46)/b9-4-/t22?,24-,28-,29+,37-/m1/s1. The van der Waals surface area contributed by atoms with Gasteiger partial charge in [-0.05, 0) is 74.9 Å². The maximum absolute atomic E-state index is 14.5. The van der Waals surface area contributed by atoms with Crippen LogP contribution in [0.1, 0.15) is 70.6 Å². The summed E-state index contributed by atoms with van der Waals surface area (Å²) in [5, 5.41) is 6.96. The Balaban J connectivity index is 1.11. The molecule has 3 N–H and O–H groups in total. The molecule has 1 saturated heterocycles. The zero-order valence-electron chi connectivity index (χ0n) is 29.1. The molecule has 5 aliphatic rings. The number of rotatable bonds is 8. The second-order valence-corrected chi connectivity index (χ2v) is 17.5. The van der Waals surface area contributed by atoms with Crippen molar-refractivity contribution in [3.8, 4) is 16.5 Å². The van der Waals surface area contributed by atoms with Crippen LogP contribution in [-0.2, 0) is 29.1 Å². The lowest BCUT2D eigenvalue weighted by Crippen LogP contribution is -2.58. The Kier molecular flexibility index (Phi) is 9.60. The molecule has 8 rings (SSSR count). The quantitative estimate of drug-likeness (QED) is 0.284. The first-order chi connectivity index (χ1) is 25.6. The summed E-state index contributed by atoms with van der Waals surface area (Å²) in [6.45, 7) is -0.0102. The highest BCUT2D eigenvalue weighted by Gasteiger charge is 2.62. The molecule has 16 heteroatoms. The summed E-state index contributed by atoms with van der Waals surface area (Å²) in [5.41, 5.74) is 0.334. The highest BCUT2D eigenvalue weighted by molar-refractivity contribution is 7.91. The summed E-state index contributed by atoms with van der Waals surface area (Å²) < 4.78 is 39.9. The molecule has 53 heavy (non-hydrogen) atoms. The van der Waals surface area contributed by atoms with E-state index in [1.807, 2.05) is 53.9 Å². The highest BCUT2D eigenvalue weighted by atomic mass is 32.2. The number of amides is 4. The molecule has 4 heterocycles. The van der Waals surface area contributed by atoms with Crippen molar-refractivity contribution in [2.45, 2.75) is 106 Å². The van der Waals surface area contributed by atoms with Gasteiger partial charge in [0.25, 0.3) is 5.91 Å². The van der Waals surface area contributed by atoms with Crippen molar-refractivity contribution < 1.29 is 37.1 Å². The monoisotopic (exact) mass is 762 g/mol. The van der Waals surface area contributed by atoms with E-state index >= 15 is 0 Å². The number of hydrogen-bond donors (Lipinski definition) is 3. The molecule has 3 aromatic rings. The Labute approximate surface area is 311 Å². The number of alkyl carbamates (subject to hydrolysis) is 1. The number of benzene rings is 1. The minimum absolute atomic E-state index is 0.0102. The molecule has 3 aliphatic carbocycles. The van der Waals surface area contributed by atoms with Crippen molar-refractivity contribution in [2.24, 2.45) is 5.92 Å². The second kappa shape index (κ2) is 14.3. The van der Waals surface area contributed by atoms with Crippen molar-refractivity contribution in [1.29, 1.82) is 0 Å². The van der Waals surface area contributed by atoms with Crippen LogP contribution < -0.4 is 20.1 Å². The molecule has 3 saturated carbocycles. The number of carbonyl (C=O) groups excluding carboxylic acids is 4. The Morgan fingerprint density at radius 1 is 0.962 bits per heavy atom. The van der Waals surface area contributed by atoms with E-state index in [1.165, 1.54) is 16.2 Å². The highest BCUT2D eigenvalue weighted by Crippen LogP contribution is 2.46. The largest absolute Gasteiger partial charge is 0.471 e. The predicted octanol–water partition coefficient (Wildman–Crippen LogP) is 3.97. The van der Waals surface area contributed by atoms with Gasteiger partial charge >= 0.3 is 6.09 Å². The van der Waals surface area contributed by atoms with E-state index in [2.05, 4.69) is 15.4 Å². The van der Waals surface area contributed by atoms with Crippen LogP contribution in [-0.4, -0.2) is 88.7 Å². The number of thiophene rings is 1. The van der Waals surface area contributed by atoms with Crippen molar-refractivity contribution in [2.75, 3.05) is 6.54 Å². The Morgan fingerprint density at radius 2 is 1.75 bits per heavy atom. The number of carbonyl (C=O) groups is 4. The van der Waals surface area contributed by atoms with Crippen LogP contribution in [0.25, 0.3) is 21.6 Å². The van der Waals surface area contributed by atoms with Gasteiger partial charge in [0.15, 0.2) is 0 Å². The lowest BCUT2D eigenvalue weighted by atomic mass is 10.1. The molecule has 4 amide bonds. The van der Waals surface area contributed by atoms with Crippen LogP contribution in [0, 0.1) is 5.92 Å². The lowest BCUT2D eigenvalue weighted by molar-refractivity contribution is -0.141. The number of fused-ring (bicyclic) bond motifs is 3. The fourth-order valence-corrected chi connectivity index (χ4v) is 9.23. The molecule has 0 radical (unpaired) electrons.